The average Bonchev–Trinajstić information content (AvgIpc) is 2.74. The van der Waals surface area contributed by atoms with E-state index >= 15 is 0 Å². The molecular weight excluding hydrogens is 304 g/mol. The average molecular weight is 325 g/mol. The number of nitrogens with zero attached hydrogens (tertiary/aromatic N) is 2. The van der Waals surface area contributed by atoms with E-state index in [1.165, 1.54) is 0 Å². The number of hydrogen-bond acceptors (Lipinski definition) is 3. The number of ether oxygens (including phenoxy) is 1. The molecule has 1 atom stereocenters. The van der Waals surface area contributed by atoms with Crippen LogP contribution in [0.3, 0.4) is 0 Å². The zero-order chi connectivity index (χ0) is 16.1. The molecule has 1 aromatic carbocycles. The van der Waals surface area contributed by atoms with Gasteiger partial charge in [0.05, 0.1) is 5.02 Å². The molecular formula is C16H21ClN2O3. The van der Waals surface area contributed by atoms with Gasteiger partial charge in [-0.2, -0.15) is 0 Å². The largest absolute Gasteiger partial charge is 0.479 e. The maximum Gasteiger partial charge on any atom is 0.263 e. The number of para-hydroxylation sites is 1. The van der Waals surface area contributed by atoms with Gasteiger partial charge >= 0.3 is 0 Å². The lowest BCUT2D eigenvalue weighted by Gasteiger charge is -2.25. The fourth-order valence-corrected chi connectivity index (χ4v) is 2.67. The quantitative estimate of drug-likeness (QED) is 0.856. The summed E-state index contributed by atoms with van der Waals surface area (Å²) in [4.78, 5) is 27.4. The Morgan fingerprint density at radius 2 is 1.77 bits per heavy atom. The van der Waals surface area contributed by atoms with Crippen LogP contribution in [0.25, 0.3) is 0 Å². The molecule has 0 aliphatic carbocycles. The predicted molar refractivity (Wildman–Crippen MR) is 85.0 cm³/mol. The fraction of sp³-hybridized carbons (Fsp3) is 0.500. The molecule has 0 radical (unpaired) electrons. The van der Waals surface area contributed by atoms with Crippen molar-refractivity contribution in [3.63, 3.8) is 0 Å². The van der Waals surface area contributed by atoms with E-state index in [2.05, 4.69) is 0 Å². The second-order valence-electron chi connectivity index (χ2n) is 5.38. The summed E-state index contributed by atoms with van der Waals surface area (Å²) in [5.74, 6) is 0.477. The number of halogens is 1. The van der Waals surface area contributed by atoms with Crippen molar-refractivity contribution in [3.05, 3.63) is 29.3 Å². The molecule has 1 fully saturated rings. The van der Waals surface area contributed by atoms with Gasteiger partial charge < -0.3 is 14.5 Å². The number of carbonyl (C=O) groups excluding carboxylic acids is 2. The zero-order valence-corrected chi connectivity index (χ0v) is 13.7. The Hall–Kier alpha value is -1.75. The maximum absolute atomic E-state index is 12.5. The van der Waals surface area contributed by atoms with E-state index in [-0.39, 0.29) is 11.8 Å². The van der Waals surface area contributed by atoms with Gasteiger partial charge in [-0.05, 0) is 25.5 Å². The van der Waals surface area contributed by atoms with E-state index in [1.807, 2.05) is 12.1 Å². The summed E-state index contributed by atoms with van der Waals surface area (Å²) in [6.07, 6.45) is 0.174. The molecule has 1 saturated heterocycles. The highest BCUT2D eigenvalue weighted by Gasteiger charge is 2.25. The molecule has 0 bridgehead atoms. The van der Waals surface area contributed by atoms with Crippen molar-refractivity contribution in [2.45, 2.75) is 26.4 Å². The lowest BCUT2D eigenvalue weighted by atomic mass is 10.3. The highest BCUT2D eigenvalue weighted by molar-refractivity contribution is 6.32. The van der Waals surface area contributed by atoms with Crippen LogP contribution in [-0.4, -0.2) is 53.9 Å². The summed E-state index contributed by atoms with van der Waals surface area (Å²) in [6, 6.07) is 7.10. The van der Waals surface area contributed by atoms with E-state index in [0.29, 0.717) is 37.0 Å². The van der Waals surface area contributed by atoms with Gasteiger partial charge in [-0.25, -0.2) is 0 Å². The van der Waals surface area contributed by atoms with Gasteiger partial charge in [-0.1, -0.05) is 23.7 Å². The monoisotopic (exact) mass is 324 g/mol. The first-order chi connectivity index (χ1) is 10.5. The molecule has 2 rings (SSSR count). The van der Waals surface area contributed by atoms with Gasteiger partial charge in [0.1, 0.15) is 5.75 Å². The zero-order valence-electron chi connectivity index (χ0n) is 12.9. The summed E-state index contributed by atoms with van der Waals surface area (Å²) >= 11 is 6.04. The highest BCUT2D eigenvalue weighted by Crippen LogP contribution is 2.24. The van der Waals surface area contributed by atoms with E-state index in [9.17, 15) is 9.59 Å². The standard InChI is InChI=1S/C16H21ClN2O3/c1-12(22-15-7-4-3-6-14(15)17)16(21)19-9-5-8-18(10-11-19)13(2)20/h3-4,6-7,12H,5,8-11H2,1-2H3. The molecule has 1 aliphatic rings. The Bertz CT molecular complexity index is 550. The van der Waals surface area contributed by atoms with Crippen LogP contribution < -0.4 is 4.74 Å². The second-order valence-corrected chi connectivity index (χ2v) is 5.78. The SMILES string of the molecule is CC(=O)N1CCCN(C(=O)C(C)Oc2ccccc2Cl)CC1. The van der Waals surface area contributed by atoms with Crippen molar-refractivity contribution in [1.29, 1.82) is 0 Å². The molecule has 0 aromatic heterocycles. The summed E-state index contributed by atoms with van der Waals surface area (Å²) < 4.78 is 5.67. The van der Waals surface area contributed by atoms with Crippen LogP contribution >= 0.6 is 11.6 Å². The van der Waals surface area contributed by atoms with E-state index < -0.39 is 6.10 Å². The number of amides is 2. The van der Waals surface area contributed by atoms with E-state index in [4.69, 9.17) is 16.3 Å². The van der Waals surface area contributed by atoms with Crippen LogP contribution in [0.4, 0.5) is 0 Å². The molecule has 0 saturated carbocycles. The smallest absolute Gasteiger partial charge is 0.263 e. The van der Waals surface area contributed by atoms with Crippen molar-refractivity contribution in [2.75, 3.05) is 26.2 Å². The molecule has 6 heteroatoms. The molecule has 1 unspecified atom stereocenters. The first kappa shape index (κ1) is 16.6. The summed E-state index contributed by atoms with van der Waals surface area (Å²) in [6.45, 7) is 5.71. The van der Waals surface area contributed by atoms with Gasteiger partial charge in [-0.15, -0.1) is 0 Å². The third kappa shape index (κ3) is 4.13. The Morgan fingerprint density at radius 1 is 1.14 bits per heavy atom. The van der Waals surface area contributed by atoms with Gasteiger partial charge in [-0.3, -0.25) is 9.59 Å². The Labute approximate surface area is 135 Å². The summed E-state index contributed by atoms with van der Waals surface area (Å²) in [5, 5.41) is 0.487. The summed E-state index contributed by atoms with van der Waals surface area (Å²) in [7, 11) is 0. The lowest BCUT2D eigenvalue weighted by molar-refractivity contribution is -0.138. The minimum atomic E-state index is -0.608. The fourth-order valence-electron chi connectivity index (χ4n) is 2.49. The van der Waals surface area contributed by atoms with Crippen molar-refractivity contribution in [3.8, 4) is 5.75 Å². The molecule has 0 N–H and O–H groups in total. The molecule has 1 aromatic rings. The predicted octanol–water partition coefficient (Wildman–Crippen LogP) is 2.19. The van der Waals surface area contributed by atoms with Crippen LogP contribution in [0.15, 0.2) is 24.3 Å². The summed E-state index contributed by atoms with van der Waals surface area (Å²) in [5.41, 5.74) is 0. The van der Waals surface area contributed by atoms with E-state index in [0.717, 1.165) is 6.42 Å². The number of rotatable bonds is 3. The molecule has 1 heterocycles. The van der Waals surface area contributed by atoms with Crippen molar-refractivity contribution in [2.24, 2.45) is 0 Å². The topological polar surface area (TPSA) is 49.9 Å². The van der Waals surface area contributed by atoms with Crippen LogP contribution in [-0.2, 0) is 9.59 Å². The molecule has 120 valence electrons. The Morgan fingerprint density at radius 3 is 2.45 bits per heavy atom. The van der Waals surface area contributed by atoms with Crippen LogP contribution in [0.2, 0.25) is 5.02 Å². The molecule has 1 aliphatic heterocycles. The minimum Gasteiger partial charge on any atom is -0.479 e. The maximum atomic E-state index is 12.5. The van der Waals surface area contributed by atoms with Crippen molar-refractivity contribution in [1.82, 2.24) is 9.80 Å². The van der Waals surface area contributed by atoms with Gasteiger partial charge in [0.25, 0.3) is 5.91 Å². The lowest BCUT2D eigenvalue weighted by Crippen LogP contribution is -2.42. The Kier molecular flexibility index (Phi) is 5.66. The van der Waals surface area contributed by atoms with Gasteiger partial charge in [0, 0.05) is 33.1 Å². The van der Waals surface area contributed by atoms with Crippen molar-refractivity contribution < 1.29 is 14.3 Å². The second kappa shape index (κ2) is 7.49. The number of hydrogen-bond donors (Lipinski definition) is 0. The molecule has 22 heavy (non-hydrogen) atoms. The number of benzene rings is 1. The molecule has 5 nitrogen and oxygen atoms in total. The molecule has 2 amide bonds. The normalized spacial score (nSPS) is 16.9. The van der Waals surface area contributed by atoms with Gasteiger partial charge in [0.15, 0.2) is 6.10 Å². The van der Waals surface area contributed by atoms with Crippen LogP contribution in [0.5, 0.6) is 5.75 Å². The van der Waals surface area contributed by atoms with Crippen LogP contribution in [0, 0.1) is 0 Å². The third-order valence-corrected chi connectivity index (χ3v) is 4.05. The van der Waals surface area contributed by atoms with Crippen LogP contribution in [0.1, 0.15) is 20.3 Å². The molecule has 0 spiro atoms. The van der Waals surface area contributed by atoms with Crippen molar-refractivity contribution >= 4 is 23.4 Å². The first-order valence-electron chi connectivity index (χ1n) is 7.44. The van der Waals surface area contributed by atoms with Gasteiger partial charge in [0.2, 0.25) is 5.91 Å². The number of carbonyl (C=O) groups is 2. The first-order valence-corrected chi connectivity index (χ1v) is 7.82. The third-order valence-electron chi connectivity index (χ3n) is 3.74. The minimum absolute atomic E-state index is 0.0506. The Balaban J connectivity index is 1.96. The highest BCUT2D eigenvalue weighted by atomic mass is 35.5. The van der Waals surface area contributed by atoms with E-state index in [1.54, 1.807) is 35.8 Å².